The van der Waals surface area contributed by atoms with E-state index in [1.165, 1.54) is 19.3 Å². The second-order valence-electron chi connectivity index (χ2n) is 6.61. The van der Waals surface area contributed by atoms with Crippen molar-refractivity contribution in [3.05, 3.63) is 0 Å². The van der Waals surface area contributed by atoms with E-state index in [1.54, 1.807) is 0 Å². The highest BCUT2D eigenvalue weighted by Crippen LogP contribution is 2.46. The van der Waals surface area contributed by atoms with Crippen molar-refractivity contribution in [2.45, 2.75) is 71.3 Å². The molecule has 2 heteroatoms. The lowest BCUT2D eigenvalue weighted by atomic mass is 9.65. The highest BCUT2D eigenvalue weighted by molar-refractivity contribution is 5.80. The van der Waals surface area contributed by atoms with Gasteiger partial charge in [0.15, 0.2) is 0 Å². The topological polar surface area (TPSA) is 26.3 Å². The summed E-state index contributed by atoms with van der Waals surface area (Å²) in [5.74, 6) is 1.21. The number of ether oxygens (including phenoxy) is 1. The molecule has 0 unspecified atom stereocenters. The Morgan fingerprint density at radius 2 is 2.00 bits per heavy atom. The van der Waals surface area contributed by atoms with E-state index >= 15 is 0 Å². The standard InChI is InChI=1S/C15H26O2/c1-4-14(2,3)12-5-8-15(9-6-12)11-13(16)7-10-17-15/h12H,4-11H2,1-3H3. The third-order valence-electron chi connectivity index (χ3n) is 5.22. The molecule has 0 aromatic carbocycles. The van der Waals surface area contributed by atoms with Crippen molar-refractivity contribution in [2.75, 3.05) is 6.61 Å². The Bertz CT molecular complexity index is 285. The van der Waals surface area contributed by atoms with Gasteiger partial charge in [-0.2, -0.15) is 0 Å². The molecular weight excluding hydrogens is 212 g/mol. The van der Waals surface area contributed by atoms with Crippen LogP contribution in [-0.2, 0) is 9.53 Å². The lowest BCUT2D eigenvalue weighted by molar-refractivity contribution is -0.148. The monoisotopic (exact) mass is 238 g/mol. The van der Waals surface area contributed by atoms with Crippen LogP contribution in [0.1, 0.15) is 65.7 Å². The molecule has 0 amide bonds. The van der Waals surface area contributed by atoms with Gasteiger partial charge in [-0.3, -0.25) is 4.79 Å². The summed E-state index contributed by atoms with van der Waals surface area (Å²) in [6.45, 7) is 7.69. The first-order chi connectivity index (χ1) is 7.97. The summed E-state index contributed by atoms with van der Waals surface area (Å²) in [4.78, 5) is 11.6. The zero-order valence-corrected chi connectivity index (χ0v) is 11.6. The number of carbonyl (C=O) groups excluding carboxylic acids is 1. The van der Waals surface area contributed by atoms with Crippen LogP contribution in [-0.4, -0.2) is 18.0 Å². The van der Waals surface area contributed by atoms with Gasteiger partial charge in [0.25, 0.3) is 0 Å². The number of carbonyl (C=O) groups is 1. The molecule has 2 aliphatic rings. The Morgan fingerprint density at radius 1 is 1.35 bits per heavy atom. The molecule has 0 atom stereocenters. The molecule has 2 fully saturated rings. The van der Waals surface area contributed by atoms with Gasteiger partial charge in [0, 0.05) is 12.8 Å². The van der Waals surface area contributed by atoms with E-state index < -0.39 is 0 Å². The zero-order chi connectivity index (χ0) is 12.5. The molecule has 1 aliphatic heterocycles. The van der Waals surface area contributed by atoms with Crippen molar-refractivity contribution in [1.82, 2.24) is 0 Å². The average molecular weight is 238 g/mol. The minimum Gasteiger partial charge on any atom is -0.374 e. The first kappa shape index (κ1) is 13.1. The fourth-order valence-corrected chi connectivity index (χ4v) is 3.42. The van der Waals surface area contributed by atoms with Crippen molar-refractivity contribution in [3.63, 3.8) is 0 Å². The van der Waals surface area contributed by atoms with Gasteiger partial charge in [-0.25, -0.2) is 0 Å². The highest BCUT2D eigenvalue weighted by Gasteiger charge is 2.42. The molecule has 1 heterocycles. The molecule has 1 saturated carbocycles. The van der Waals surface area contributed by atoms with Crippen LogP contribution in [0.2, 0.25) is 0 Å². The van der Waals surface area contributed by atoms with Gasteiger partial charge in [-0.15, -0.1) is 0 Å². The third kappa shape index (κ3) is 2.73. The lowest BCUT2D eigenvalue weighted by Crippen LogP contribution is -2.44. The molecule has 1 saturated heterocycles. The van der Waals surface area contributed by atoms with Crippen LogP contribution < -0.4 is 0 Å². The van der Waals surface area contributed by atoms with E-state index in [4.69, 9.17) is 4.74 Å². The van der Waals surface area contributed by atoms with Crippen LogP contribution >= 0.6 is 0 Å². The summed E-state index contributed by atoms with van der Waals surface area (Å²) in [5.41, 5.74) is 0.371. The Kier molecular flexibility index (Phi) is 3.63. The maximum atomic E-state index is 11.6. The molecule has 1 spiro atoms. The fraction of sp³-hybridized carbons (Fsp3) is 0.933. The average Bonchev–Trinajstić information content (AvgIpc) is 2.29. The summed E-state index contributed by atoms with van der Waals surface area (Å²) in [5, 5.41) is 0. The van der Waals surface area contributed by atoms with Gasteiger partial charge < -0.3 is 4.74 Å². The fourth-order valence-electron chi connectivity index (χ4n) is 3.42. The van der Waals surface area contributed by atoms with Crippen LogP contribution in [0.3, 0.4) is 0 Å². The second kappa shape index (κ2) is 4.72. The summed E-state index contributed by atoms with van der Waals surface area (Å²) in [6.07, 6.45) is 7.18. The van der Waals surface area contributed by atoms with E-state index in [-0.39, 0.29) is 5.60 Å². The lowest BCUT2D eigenvalue weighted by Gasteiger charge is -2.46. The van der Waals surface area contributed by atoms with Gasteiger partial charge in [0.1, 0.15) is 5.78 Å². The first-order valence-electron chi connectivity index (χ1n) is 7.13. The highest BCUT2D eigenvalue weighted by atomic mass is 16.5. The summed E-state index contributed by atoms with van der Waals surface area (Å²) < 4.78 is 5.95. The SMILES string of the molecule is CCC(C)(C)C1CCC2(CC1)CC(=O)CCO2. The molecule has 0 radical (unpaired) electrons. The van der Waals surface area contributed by atoms with E-state index in [1.807, 2.05) is 0 Å². The van der Waals surface area contributed by atoms with Crippen molar-refractivity contribution in [3.8, 4) is 0 Å². The minimum absolute atomic E-state index is 0.0738. The smallest absolute Gasteiger partial charge is 0.138 e. The van der Waals surface area contributed by atoms with Gasteiger partial charge in [0.05, 0.1) is 12.2 Å². The molecule has 0 N–H and O–H groups in total. The van der Waals surface area contributed by atoms with Gasteiger partial charge in [-0.05, 0) is 37.0 Å². The quantitative estimate of drug-likeness (QED) is 0.732. The second-order valence-corrected chi connectivity index (χ2v) is 6.61. The van der Waals surface area contributed by atoms with Crippen LogP contribution in [0.4, 0.5) is 0 Å². The predicted molar refractivity (Wildman–Crippen MR) is 69.0 cm³/mol. The first-order valence-corrected chi connectivity index (χ1v) is 7.13. The largest absolute Gasteiger partial charge is 0.374 e. The molecule has 98 valence electrons. The maximum Gasteiger partial charge on any atom is 0.138 e. The number of ketones is 1. The molecule has 0 aromatic rings. The van der Waals surface area contributed by atoms with Crippen molar-refractivity contribution in [1.29, 1.82) is 0 Å². The molecule has 17 heavy (non-hydrogen) atoms. The normalized spacial score (nSPS) is 35.2. The third-order valence-corrected chi connectivity index (χ3v) is 5.22. The molecule has 1 aliphatic carbocycles. The predicted octanol–water partition coefficient (Wildman–Crippen LogP) is 3.73. The van der Waals surface area contributed by atoms with Crippen LogP contribution in [0.5, 0.6) is 0 Å². The number of rotatable bonds is 2. The van der Waals surface area contributed by atoms with E-state index in [2.05, 4.69) is 20.8 Å². The van der Waals surface area contributed by atoms with E-state index in [0.717, 1.165) is 18.8 Å². The molecule has 0 aromatic heterocycles. The number of hydrogen-bond donors (Lipinski definition) is 0. The van der Waals surface area contributed by atoms with Crippen molar-refractivity contribution < 1.29 is 9.53 Å². The van der Waals surface area contributed by atoms with E-state index in [0.29, 0.717) is 30.6 Å². The van der Waals surface area contributed by atoms with Gasteiger partial charge >= 0.3 is 0 Å². The van der Waals surface area contributed by atoms with Gasteiger partial charge in [0.2, 0.25) is 0 Å². The Balaban J connectivity index is 1.95. The van der Waals surface area contributed by atoms with Crippen LogP contribution in [0.25, 0.3) is 0 Å². The van der Waals surface area contributed by atoms with Crippen LogP contribution in [0.15, 0.2) is 0 Å². The van der Waals surface area contributed by atoms with Crippen molar-refractivity contribution in [2.24, 2.45) is 11.3 Å². The van der Waals surface area contributed by atoms with E-state index in [9.17, 15) is 4.79 Å². The molecule has 2 nitrogen and oxygen atoms in total. The van der Waals surface area contributed by atoms with Crippen molar-refractivity contribution >= 4 is 5.78 Å². The Hall–Kier alpha value is -0.370. The summed E-state index contributed by atoms with van der Waals surface area (Å²) in [7, 11) is 0. The number of Topliss-reactive ketones (excluding diaryl/α,β-unsaturated/α-hetero) is 1. The Labute approximate surface area is 105 Å². The summed E-state index contributed by atoms with van der Waals surface area (Å²) in [6, 6.07) is 0. The van der Waals surface area contributed by atoms with Crippen LogP contribution in [0, 0.1) is 11.3 Å². The molecule has 2 rings (SSSR count). The zero-order valence-electron chi connectivity index (χ0n) is 11.6. The minimum atomic E-state index is -0.0738. The molecular formula is C15H26O2. The van der Waals surface area contributed by atoms with Gasteiger partial charge in [-0.1, -0.05) is 27.2 Å². The number of hydrogen-bond acceptors (Lipinski definition) is 2. The maximum absolute atomic E-state index is 11.6. The Morgan fingerprint density at radius 3 is 2.53 bits per heavy atom. The molecule has 0 bridgehead atoms. The summed E-state index contributed by atoms with van der Waals surface area (Å²) >= 11 is 0.